The number of amides is 13. The van der Waals surface area contributed by atoms with Crippen molar-refractivity contribution in [1.29, 1.82) is 0 Å². The van der Waals surface area contributed by atoms with Gasteiger partial charge < -0.3 is 107 Å². The molecule has 558 valence electrons. The van der Waals surface area contributed by atoms with Crippen molar-refractivity contribution in [1.82, 2.24) is 68.7 Å². The molecular weight excluding hydrogens is 1320 g/mol. The van der Waals surface area contributed by atoms with Gasteiger partial charge in [0.25, 0.3) is 0 Å². The number of nitrogens with zero attached hydrogens (tertiary/aromatic N) is 2. The Hall–Kier alpha value is -8.98. The fourth-order valence-corrected chi connectivity index (χ4v) is 11.3. The van der Waals surface area contributed by atoms with E-state index in [4.69, 9.17) is 27.7 Å². The number of nitrogens with two attached hydrogens (primary N) is 4. The monoisotopic (exact) mass is 1430 g/mol. The van der Waals surface area contributed by atoms with Crippen LogP contribution in [-0.2, 0) is 81.4 Å². The van der Waals surface area contributed by atoms with Crippen molar-refractivity contribution in [2.24, 2.45) is 51.6 Å². The van der Waals surface area contributed by atoms with Crippen LogP contribution in [0.5, 0.6) is 0 Å². The minimum atomic E-state index is -1.80. The number of ether oxygens (including phenoxy) is 1. The average Bonchev–Trinajstić information content (AvgIpc) is 0.808. The molecule has 39 heteroatoms. The minimum Gasteiger partial charge on any atom is -0.481 e. The molecule has 0 unspecified atom stereocenters. The summed E-state index contributed by atoms with van der Waals surface area (Å²) in [5.41, 5.74) is 22.2. The van der Waals surface area contributed by atoms with E-state index in [1.165, 1.54) is 13.8 Å². The molecule has 0 aromatic heterocycles. The van der Waals surface area contributed by atoms with Crippen LogP contribution in [0.4, 0.5) is 0 Å². The molecular formula is C60H102N18O20S. The first-order chi connectivity index (χ1) is 46.5. The van der Waals surface area contributed by atoms with E-state index in [1.807, 2.05) is 4.90 Å². The lowest BCUT2D eigenvalue weighted by atomic mass is 9.76. The molecule has 13 atom stereocenters. The zero-order valence-electron chi connectivity index (χ0n) is 57.2. The third kappa shape index (κ3) is 32.1. The molecule has 0 aromatic rings. The highest BCUT2D eigenvalue weighted by atomic mass is 32.2. The van der Waals surface area contributed by atoms with Gasteiger partial charge >= 0.3 is 17.9 Å². The van der Waals surface area contributed by atoms with Crippen molar-refractivity contribution in [3.8, 4) is 0 Å². The Morgan fingerprint density at radius 3 is 1.72 bits per heavy atom. The fourth-order valence-electron chi connectivity index (χ4n) is 10.5. The summed E-state index contributed by atoms with van der Waals surface area (Å²) in [6.45, 7) is 9.10. The summed E-state index contributed by atoms with van der Waals surface area (Å²) in [6.07, 6.45) is 2.01. The van der Waals surface area contributed by atoms with Crippen LogP contribution in [-0.4, -0.2) is 245 Å². The molecule has 1 aliphatic heterocycles. The number of esters is 1. The van der Waals surface area contributed by atoms with E-state index in [-0.39, 0.29) is 73.4 Å². The average molecular weight is 1430 g/mol. The van der Waals surface area contributed by atoms with E-state index >= 15 is 0 Å². The number of guanidine groups is 1. The number of aliphatic hydroxyl groups excluding tert-OH is 1. The van der Waals surface area contributed by atoms with Crippen molar-refractivity contribution in [3.05, 3.63) is 0 Å². The Morgan fingerprint density at radius 2 is 1.14 bits per heavy atom. The van der Waals surface area contributed by atoms with E-state index in [0.29, 0.717) is 19.4 Å². The third-order valence-corrected chi connectivity index (χ3v) is 17.1. The van der Waals surface area contributed by atoms with Crippen LogP contribution in [0.1, 0.15) is 126 Å². The zero-order chi connectivity index (χ0) is 74.8. The van der Waals surface area contributed by atoms with Gasteiger partial charge in [0.15, 0.2) is 5.96 Å². The molecule has 1 saturated carbocycles. The summed E-state index contributed by atoms with van der Waals surface area (Å²) in [5, 5.41) is 57.6. The minimum absolute atomic E-state index is 0.0168. The van der Waals surface area contributed by atoms with Crippen molar-refractivity contribution in [2.45, 2.75) is 193 Å². The molecule has 1 heterocycles. The predicted molar refractivity (Wildman–Crippen MR) is 356 cm³/mol. The molecule has 23 N–H and O–H groups in total. The van der Waals surface area contributed by atoms with Gasteiger partial charge in [0.2, 0.25) is 76.8 Å². The number of rotatable bonds is 44. The molecule has 0 bridgehead atoms. The van der Waals surface area contributed by atoms with Crippen LogP contribution in [0.15, 0.2) is 4.99 Å². The van der Waals surface area contributed by atoms with Gasteiger partial charge in [-0.05, 0) is 88.5 Å². The zero-order valence-corrected chi connectivity index (χ0v) is 58.0. The summed E-state index contributed by atoms with van der Waals surface area (Å²) in [6, 6.07) is -13.5. The maximum atomic E-state index is 14.1. The topological polar surface area (TPSA) is 607 Å². The van der Waals surface area contributed by atoms with Gasteiger partial charge in [-0.1, -0.05) is 48.0 Å². The number of carbonyl (C=O) groups excluding carboxylic acids is 14. The van der Waals surface area contributed by atoms with Crippen LogP contribution in [0.3, 0.4) is 0 Å². The number of aliphatic carboxylic acids is 2. The van der Waals surface area contributed by atoms with Gasteiger partial charge in [0.05, 0.1) is 57.2 Å². The van der Waals surface area contributed by atoms with Crippen LogP contribution in [0.25, 0.3) is 0 Å². The van der Waals surface area contributed by atoms with E-state index < -0.39 is 201 Å². The second kappa shape index (κ2) is 44.1. The van der Waals surface area contributed by atoms with Crippen LogP contribution < -0.4 is 86.7 Å². The van der Waals surface area contributed by atoms with E-state index in [2.05, 4.69) is 68.8 Å². The SMILES string of the molecule is CC[C@H](C)[C@H](NC(=O)[C@H](CC(=O)O)NC(=O)[C@@H](N)C(C)C)C(=O)NCC(=O)NCC(=O)N[C@@H](CO)C(=O)N[C@@H](CCCN=C(N)N)C(=O)N[C@@H](CCC(N)=O)C(=O)NCC(=O)N[C@@H](CSCNC(=O)CN1CCC[C@@H]2CCC[C@H](OC(C)=O)[C@@H]21)C(=O)N[C@H](C(=O)N[C@@H](C)C(=O)O)C(C)C. The number of likely N-dealkylation sites (tertiary alicyclic amines) is 1. The number of piperidine rings is 1. The fraction of sp³-hybridized carbons (Fsp3) is 0.717. The molecule has 2 fully saturated rings. The third-order valence-electron chi connectivity index (χ3n) is 16.2. The number of hydrogen-bond acceptors (Lipinski definition) is 22. The van der Waals surface area contributed by atoms with E-state index in [0.717, 1.165) is 37.4 Å². The van der Waals surface area contributed by atoms with Crippen LogP contribution in [0.2, 0.25) is 0 Å². The first-order valence-corrected chi connectivity index (χ1v) is 33.8. The first-order valence-electron chi connectivity index (χ1n) is 32.6. The molecule has 2 rings (SSSR count). The number of fused-ring (bicyclic) bond motifs is 1. The smallest absolute Gasteiger partial charge is 0.325 e. The largest absolute Gasteiger partial charge is 0.481 e. The Bertz CT molecular complexity index is 2860. The lowest BCUT2D eigenvalue weighted by molar-refractivity contribution is -0.156. The van der Waals surface area contributed by atoms with Crippen molar-refractivity contribution in [2.75, 3.05) is 57.5 Å². The van der Waals surface area contributed by atoms with Gasteiger partial charge in [0, 0.05) is 25.6 Å². The normalized spacial score (nSPS) is 18.0. The molecule has 99 heavy (non-hydrogen) atoms. The lowest BCUT2D eigenvalue weighted by Gasteiger charge is -2.47. The predicted octanol–water partition coefficient (Wildman–Crippen LogP) is -7.21. The van der Waals surface area contributed by atoms with Crippen molar-refractivity contribution in [3.63, 3.8) is 0 Å². The Kier molecular flexibility index (Phi) is 38.4. The molecule has 0 radical (unpaired) electrons. The number of hydrogen-bond donors (Lipinski definition) is 19. The Morgan fingerprint density at radius 1 is 0.586 bits per heavy atom. The number of aliphatic hydroxyl groups is 1. The highest BCUT2D eigenvalue weighted by molar-refractivity contribution is 7.99. The standard InChI is InChI=1S/C60H102N18O20S/c1-9-31(6)49(77-53(90)37(21-46(86)87)75-56(93)47(62)29(2)3)57(94)68-22-42(82)66-23-43(83)71-38(26-79)54(91)73-35(15-11-19-65-60(63)64)52(89)74-36(17-18-41(61)81)51(88)67-24-44(84)72-39(55(92)76-48(30(4)5)58(95)70-32(7)59(96)97)27-99-28-69-45(85)25-78-20-12-14-34-13-10-16-40(50(34)78)98-33(8)80/h29-32,34-40,47-50,79H,9-28,62H2,1-8H3,(H2,61,81)(H,66,82)(H,67,88)(H,68,94)(H,69,85)(H,70,95)(H,71,83)(H,72,84)(H,73,91)(H,74,89)(H,75,93)(H,76,92)(H,77,90)(H,86,87)(H,96,97)(H4,63,64,65)/t31-,32-,34-,35-,36-,37-,38-,39-,40-,47-,48-,49-,50+/m0/s1. The van der Waals surface area contributed by atoms with Gasteiger partial charge in [0.1, 0.15) is 54.4 Å². The second-order valence-corrected chi connectivity index (χ2v) is 25.9. The summed E-state index contributed by atoms with van der Waals surface area (Å²) in [7, 11) is 0. The van der Waals surface area contributed by atoms with Gasteiger partial charge in [-0.25, -0.2) is 0 Å². The first kappa shape index (κ1) is 86.1. The summed E-state index contributed by atoms with van der Waals surface area (Å²) in [5.74, 6) is -17.4. The maximum absolute atomic E-state index is 14.1. The quantitative estimate of drug-likeness (QED) is 0.00886. The number of carboxylic acid groups (broad SMARTS) is 2. The van der Waals surface area contributed by atoms with Gasteiger partial charge in [-0.2, -0.15) is 0 Å². The number of aliphatic imine (C=N–C) groups is 1. The highest BCUT2D eigenvalue weighted by Crippen LogP contribution is 2.37. The van der Waals surface area contributed by atoms with E-state index in [1.54, 1.807) is 41.5 Å². The molecule has 0 aromatic carbocycles. The highest BCUT2D eigenvalue weighted by Gasteiger charge is 2.42. The molecule has 13 amide bonds. The summed E-state index contributed by atoms with van der Waals surface area (Å²) >= 11 is 0.998. The van der Waals surface area contributed by atoms with Crippen LogP contribution in [0, 0.1) is 23.7 Å². The number of nitrogens with one attached hydrogen (secondary N) is 12. The van der Waals surface area contributed by atoms with Gasteiger partial charge in [-0.3, -0.25) is 86.6 Å². The molecule has 38 nitrogen and oxygen atoms in total. The molecule has 0 spiro atoms. The Balaban J connectivity index is 2.24. The molecule has 1 aliphatic carbocycles. The van der Waals surface area contributed by atoms with Crippen LogP contribution >= 0.6 is 11.8 Å². The number of carbonyl (C=O) groups is 16. The van der Waals surface area contributed by atoms with Gasteiger partial charge in [-0.15, -0.1) is 11.8 Å². The van der Waals surface area contributed by atoms with Crippen molar-refractivity contribution >= 4 is 112 Å². The summed E-state index contributed by atoms with van der Waals surface area (Å²) < 4.78 is 5.65. The van der Waals surface area contributed by atoms with E-state index in [9.17, 15) is 92.0 Å². The molecule has 1 saturated heterocycles. The molecule has 2 aliphatic rings. The van der Waals surface area contributed by atoms with Crippen molar-refractivity contribution < 1.29 is 96.8 Å². The number of primary amides is 1. The maximum Gasteiger partial charge on any atom is 0.325 e. The number of thioether (sulfide) groups is 1. The Labute approximate surface area is 577 Å². The lowest BCUT2D eigenvalue weighted by Crippen LogP contribution is -2.59. The summed E-state index contributed by atoms with van der Waals surface area (Å²) in [4.78, 5) is 214. The second-order valence-electron chi connectivity index (χ2n) is 24.9. The number of carboxylic acids is 2.